The summed E-state index contributed by atoms with van der Waals surface area (Å²) in [6, 6.07) is 0.358. The average Bonchev–Trinajstić information content (AvgIpc) is 2.88. The van der Waals surface area contributed by atoms with E-state index in [0.29, 0.717) is 24.8 Å². The molecule has 0 aliphatic heterocycles. The molecule has 5 heteroatoms. The molecule has 1 aliphatic carbocycles. The molecule has 2 rings (SSSR count). The van der Waals surface area contributed by atoms with Crippen LogP contribution in [0.1, 0.15) is 76.4 Å². The summed E-state index contributed by atoms with van der Waals surface area (Å²) in [7, 11) is 0. The van der Waals surface area contributed by atoms with E-state index >= 15 is 0 Å². The van der Waals surface area contributed by atoms with E-state index in [-0.39, 0.29) is 5.91 Å². The number of hydrogen-bond donors (Lipinski definition) is 1. The van der Waals surface area contributed by atoms with E-state index in [9.17, 15) is 4.79 Å². The summed E-state index contributed by atoms with van der Waals surface area (Å²) in [5, 5.41) is 7.06. The standard InChI is InChI=1S/C16H27N3O2/c1-2-8-14-18-16(21-19-14)12-11-15(20)17-13-9-6-4-3-5-7-10-13/h13H,2-12H2,1H3,(H,17,20). The third-order valence-corrected chi connectivity index (χ3v) is 4.02. The van der Waals surface area contributed by atoms with Gasteiger partial charge < -0.3 is 9.84 Å². The predicted molar refractivity (Wildman–Crippen MR) is 80.9 cm³/mol. The molecule has 1 aromatic heterocycles. The molecule has 1 amide bonds. The summed E-state index contributed by atoms with van der Waals surface area (Å²) in [5.74, 6) is 1.43. The summed E-state index contributed by atoms with van der Waals surface area (Å²) in [6.45, 7) is 2.08. The number of aryl methyl sites for hydroxylation is 2. The highest BCUT2D eigenvalue weighted by Crippen LogP contribution is 2.17. The topological polar surface area (TPSA) is 68.0 Å². The van der Waals surface area contributed by atoms with E-state index in [1.807, 2.05) is 0 Å². The van der Waals surface area contributed by atoms with E-state index in [1.54, 1.807) is 0 Å². The first-order valence-corrected chi connectivity index (χ1v) is 8.38. The van der Waals surface area contributed by atoms with E-state index in [0.717, 1.165) is 31.5 Å². The lowest BCUT2D eigenvalue weighted by molar-refractivity contribution is -0.122. The fourth-order valence-electron chi connectivity index (χ4n) is 2.84. The predicted octanol–water partition coefficient (Wildman–Crippen LogP) is 3.18. The number of aromatic nitrogens is 2. The van der Waals surface area contributed by atoms with Gasteiger partial charge in [-0.05, 0) is 19.3 Å². The van der Waals surface area contributed by atoms with Gasteiger partial charge in [0.15, 0.2) is 5.82 Å². The lowest BCUT2D eigenvalue weighted by Gasteiger charge is -2.20. The van der Waals surface area contributed by atoms with Gasteiger partial charge in [-0.15, -0.1) is 0 Å². The minimum absolute atomic E-state index is 0.107. The maximum Gasteiger partial charge on any atom is 0.227 e. The quantitative estimate of drug-likeness (QED) is 0.874. The zero-order valence-electron chi connectivity index (χ0n) is 13.1. The zero-order chi connectivity index (χ0) is 14.9. The highest BCUT2D eigenvalue weighted by molar-refractivity contribution is 5.76. The van der Waals surface area contributed by atoms with Crippen molar-refractivity contribution in [1.82, 2.24) is 15.5 Å². The van der Waals surface area contributed by atoms with Crippen LogP contribution in [0.3, 0.4) is 0 Å². The van der Waals surface area contributed by atoms with Crippen molar-refractivity contribution in [1.29, 1.82) is 0 Å². The molecule has 1 N–H and O–H groups in total. The van der Waals surface area contributed by atoms with Gasteiger partial charge in [0, 0.05) is 25.3 Å². The molecule has 1 aromatic rings. The molecule has 0 unspecified atom stereocenters. The van der Waals surface area contributed by atoms with Crippen LogP contribution in [-0.4, -0.2) is 22.1 Å². The summed E-state index contributed by atoms with van der Waals surface area (Å²) in [6.07, 6.45) is 11.4. The Morgan fingerprint density at radius 1 is 1.19 bits per heavy atom. The van der Waals surface area contributed by atoms with Gasteiger partial charge in [-0.25, -0.2) is 0 Å². The van der Waals surface area contributed by atoms with E-state index in [2.05, 4.69) is 22.4 Å². The maximum absolute atomic E-state index is 12.0. The Morgan fingerprint density at radius 3 is 2.62 bits per heavy atom. The fourth-order valence-corrected chi connectivity index (χ4v) is 2.84. The van der Waals surface area contributed by atoms with Crippen molar-refractivity contribution in [2.24, 2.45) is 0 Å². The average molecular weight is 293 g/mol. The molecular weight excluding hydrogens is 266 g/mol. The number of nitrogens with one attached hydrogen (secondary N) is 1. The molecule has 0 spiro atoms. The maximum atomic E-state index is 12.0. The second-order valence-corrected chi connectivity index (χ2v) is 5.96. The first-order valence-electron chi connectivity index (χ1n) is 8.38. The van der Waals surface area contributed by atoms with Crippen molar-refractivity contribution >= 4 is 5.91 Å². The van der Waals surface area contributed by atoms with Crippen molar-refractivity contribution < 1.29 is 9.32 Å². The highest BCUT2D eigenvalue weighted by Gasteiger charge is 2.15. The summed E-state index contributed by atoms with van der Waals surface area (Å²) in [4.78, 5) is 16.3. The Labute approximate surface area is 126 Å². The molecular formula is C16H27N3O2. The van der Waals surface area contributed by atoms with Gasteiger partial charge in [0.1, 0.15) is 0 Å². The van der Waals surface area contributed by atoms with Crippen LogP contribution in [0.2, 0.25) is 0 Å². The fraction of sp³-hybridized carbons (Fsp3) is 0.812. The molecule has 1 fully saturated rings. The van der Waals surface area contributed by atoms with Gasteiger partial charge in [0.25, 0.3) is 0 Å². The molecule has 1 saturated carbocycles. The molecule has 0 radical (unpaired) electrons. The molecule has 0 saturated heterocycles. The molecule has 118 valence electrons. The Balaban J connectivity index is 1.70. The SMILES string of the molecule is CCCc1noc(CCC(=O)NC2CCCCCCC2)n1. The van der Waals surface area contributed by atoms with Gasteiger partial charge >= 0.3 is 0 Å². The van der Waals surface area contributed by atoms with E-state index in [4.69, 9.17) is 4.52 Å². The van der Waals surface area contributed by atoms with Crippen molar-refractivity contribution in [2.45, 2.75) is 83.6 Å². The lowest BCUT2D eigenvalue weighted by atomic mass is 9.96. The van der Waals surface area contributed by atoms with Crippen LogP contribution >= 0.6 is 0 Å². The molecule has 0 atom stereocenters. The minimum Gasteiger partial charge on any atom is -0.353 e. The first kappa shape index (κ1) is 16.0. The molecule has 0 aromatic carbocycles. The molecule has 21 heavy (non-hydrogen) atoms. The Morgan fingerprint density at radius 2 is 1.90 bits per heavy atom. The number of rotatable bonds is 6. The highest BCUT2D eigenvalue weighted by atomic mass is 16.5. The number of hydrogen-bond acceptors (Lipinski definition) is 4. The van der Waals surface area contributed by atoms with Crippen molar-refractivity contribution in [2.75, 3.05) is 0 Å². The molecule has 1 aliphatic rings. The van der Waals surface area contributed by atoms with Crippen LogP contribution in [0, 0.1) is 0 Å². The number of carbonyl (C=O) groups is 1. The monoisotopic (exact) mass is 293 g/mol. The molecule has 0 bridgehead atoms. The van der Waals surface area contributed by atoms with Crippen molar-refractivity contribution in [3.05, 3.63) is 11.7 Å². The Bertz CT molecular complexity index is 423. The van der Waals surface area contributed by atoms with Crippen LogP contribution in [0.5, 0.6) is 0 Å². The Kier molecular flexibility index (Phi) is 6.70. The van der Waals surface area contributed by atoms with E-state index in [1.165, 1.54) is 32.1 Å². The third-order valence-electron chi connectivity index (χ3n) is 4.02. The largest absolute Gasteiger partial charge is 0.353 e. The second-order valence-electron chi connectivity index (χ2n) is 5.96. The van der Waals surface area contributed by atoms with Crippen LogP contribution in [0.15, 0.2) is 4.52 Å². The van der Waals surface area contributed by atoms with Crippen LogP contribution in [0.4, 0.5) is 0 Å². The smallest absolute Gasteiger partial charge is 0.227 e. The van der Waals surface area contributed by atoms with Crippen LogP contribution in [0.25, 0.3) is 0 Å². The molecule has 1 heterocycles. The van der Waals surface area contributed by atoms with Crippen molar-refractivity contribution in [3.63, 3.8) is 0 Å². The normalized spacial score (nSPS) is 17.2. The summed E-state index contributed by atoms with van der Waals surface area (Å²) in [5.41, 5.74) is 0. The van der Waals surface area contributed by atoms with Gasteiger partial charge in [0.2, 0.25) is 11.8 Å². The lowest BCUT2D eigenvalue weighted by Crippen LogP contribution is -2.35. The second kappa shape index (κ2) is 8.80. The van der Waals surface area contributed by atoms with Gasteiger partial charge in [0.05, 0.1) is 0 Å². The minimum atomic E-state index is 0.107. The van der Waals surface area contributed by atoms with Crippen LogP contribution in [-0.2, 0) is 17.6 Å². The van der Waals surface area contributed by atoms with E-state index < -0.39 is 0 Å². The zero-order valence-corrected chi connectivity index (χ0v) is 13.1. The van der Waals surface area contributed by atoms with Gasteiger partial charge in [-0.2, -0.15) is 4.98 Å². The first-order chi connectivity index (χ1) is 10.3. The third kappa shape index (κ3) is 5.86. The summed E-state index contributed by atoms with van der Waals surface area (Å²) < 4.78 is 5.15. The van der Waals surface area contributed by atoms with Crippen LogP contribution < -0.4 is 5.32 Å². The molecule has 5 nitrogen and oxygen atoms in total. The van der Waals surface area contributed by atoms with Gasteiger partial charge in [-0.1, -0.05) is 44.2 Å². The number of carbonyl (C=O) groups excluding carboxylic acids is 1. The van der Waals surface area contributed by atoms with Gasteiger partial charge in [-0.3, -0.25) is 4.79 Å². The van der Waals surface area contributed by atoms with Crippen molar-refractivity contribution in [3.8, 4) is 0 Å². The Hall–Kier alpha value is -1.39. The summed E-state index contributed by atoms with van der Waals surface area (Å²) >= 11 is 0. The number of amides is 1. The number of nitrogens with zero attached hydrogens (tertiary/aromatic N) is 2.